The molecule has 0 aliphatic carbocycles. The molecule has 0 saturated carbocycles. The number of halogens is 4. The number of fused-ring (bicyclic) bond motifs is 1. The summed E-state index contributed by atoms with van der Waals surface area (Å²) in [4.78, 5) is 21.9. The van der Waals surface area contributed by atoms with E-state index in [0.717, 1.165) is 16.5 Å². The molecule has 1 amide bonds. The molecule has 4 rings (SSSR count). The Morgan fingerprint density at radius 2 is 1.97 bits per heavy atom. The summed E-state index contributed by atoms with van der Waals surface area (Å²) in [7, 11) is 0. The number of carbonyl (C=O) groups excluding carboxylic acids is 1. The Labute approximate surface area is 182 Å². The van der Waals surface area contributed by atoms with Gasteiger partial charge in [-0.05, 0) is 29.8 Å². The number of hydrogen-bond donors (Lipinski definition) is 2. The molecule has 3 aromatic rings. The Morgan fingerprint density at radius 3 is 2.67 bits per heavy atom. The van der Waals surface area contributed by atoms with Crippen LogP contribution >= 0.6 is 23.2 Å². The molecular formula is C21H20Cl2F2N4O. The monoisotopic (exact) mass is 452 g/mol. The van der Waals surface area contributed by atoms with Gasteiger partial charge in [0.15, 0.2) is 0 Å². The van der Waals surface area contributed by atoms with E-state index in [4.69, 9.17) is 23.2 Å². The summed E-state index contributed by atoms with van der Waals surface area (Å²) >= 11 is 12.3. The van der Waals surface area contributed by atoms with Crippen LogP contribution in [0.1, 0.15) is 34.8 Å². The molecule has 1 saturated heterocycles. The number of likely N-dealkylation sites (tertiary alicyclic amines) is 1. The highest BCUT2D eigenvalue weighted by atomic mass is 35.5. The van der Waals surface area contributed by atoms with Crippen molar-refractivity contribution in [1.29, 1.82) is 0 Å². The van der Waals surface area contributed by atoms with Crippen LogP contribution < -0.4 is 5.32 Å². The van der Waals surface area contributed by atoms with Gasteiger partial charge in [0.25, 0.3) is 11.8 Å². The lowest BCUT2D eigenvalue weighted by atomic mass is 10.0. The van der Waals surface area contributed by atoms with E-state index in [9.17, 15) is 13.6 Å². The number of aromatic amines is 1. The minimum absolute atomic E-state index is 0.214. The lowest BCUT2D eigenvalue weighted by molar-refractivity contribution is -0.0632. The molecule has 1 aliphatic rings. The normalized spacial score (nSPS) is 17.7. The largest absolute Gasteiger partial charge is 0.361 e. The second-order valence-electron chi connectivity index (χ2n) is 7.40. The van der Waals surface area contributed by atoms with Gasteiger partial charge in [-0.1, -0.05) is 29.3 Å². The van der Waals surface area contributed by atoms with Crippen molar-refractivity contribution < 1.29 is 13.6 Å². The molecule has 3 heterocycles. The van der Waals surface area contributed by atoms with E-state index >= 15 is 0 Å². The number of aromatic nitrogens is 2. The second kappa shape index (κ2) is 8.49. The van der Waals surface area contributed by atoms with Crippen molar-refractivity contribution in [3.63, 3.8) is 0 Å². The van der Waals surface area contributed by atoms with Gasteiger partial charge in [0.1, 0.15) is 5.15 Å². The zero-order chi connectivity index (χ0) is 21.3. The molecule has 0 bridgehead atoms. The van der Waals surface area contributed by atoms with E-state index < -0.39 is 5.92 Å². The van der Waals surface area contributed by atoms with Crippen LogP contribution in [0.2, 0.25) is 10.2 Å². The van der Waals surface area contributed by atoms with Crippen molar-refractivity contribution in [3.05, 3.63) is 64.0 Å². The van der Waals surface area contributed by atoms with E-state index in [1.54, 1.807) is 36.7 Å². The van der Waals surface area contributed by atoms with Crippen molar-refractivity contribution in [2.75, 3.05) is 19.6 Å². The van der Waals surface area contributed by atoms with Gasteiger partial charge in [-0.15, -0.1) is 0 Å². The fourth-order valence-electron chi connectivity index (χ4n) is 3.76. The maximum absolute atomic E-state index is 13.6. The van der Waals surface area contributed by atoms with Gasteiger partial charge in [-0.3, -0.25) is 9.69 Å². The van der Waals surface area contributed by atoms with Crippen molar-refractivity contribution >= 4 is 40.0 Å². The molecule has 0 radical (unpaired) electrons. The van der Waals surface area contributed by atoms with Gasteiger partial charge in [0.2, 0.25) is 0 Å². The van der Waals surface area contributed by atoms with Gasteiger partial charge in [0.05, 0.1) is 16.6 Å². The maximum atomic E-state index is 13.6. The van der Waals surface area contributed by atoms with Crippen LogP contribution in [0.15, 0.2) is 42.7 Å². The highest BCUT2D eigenvalue weighted by molar-refractivity contribution is 6.38. The maximum Gasteiger partial charge on any atom is 0.252 e. The molecule has 1 aromatic carbocycles. The highest BCUT2D eigenvalue weighted by Crippen LogP contribution is 2.32. The first-order valence-corrected chi connectivity index (χ1v) is 10.4. The van der Waals surface area contributed by atoms with Crippen molar-refractivity contribution in [2.24, 2.45) is 0 Å². The molecule has 1 unspecified atom stereocenters. The third kappa shape index (κ3) is 4.43. The van der Waals surface area contributed by atoms with E-state index in [0.29, 0.717) is 15.7 Å². The van der Waals surface area contributed by atoms with Crippen molar-refractivity contribution in [2.45, 2.75) is 24.8 Å². The first-order valence-electron chi connectivity index (χ1n) is 9.61. The molecule has 158 valence electrons. The molecule has 9 heteroatoms. The Bertz CT molecular complexity index is 1040. The SMILES string of the molecule is O=C(NCC(c1ccc(Cl)nc1)N1CCC(F)(F)CC1)c1ccc2[nH]ccc2c1Cl. The fraction of sp³-hybridized carbons (Fsp3) is 0.333. The summed E-state index contributed by atoms with van der Waals surface area (Å²) in [6, 6.07) is 8.42. The fourth-order valence-corrected chi connectivity index (χ4v) is 4.19. The number of rotatable bonds is 5. The number of alkyl halides is 2. The molecule has 1 aliphatic heterocycles. The van der Waals surface area contributed by atoms with Gasteiger partial charge in [-0.2, -0.15) is 0 Å². The molecule has 2 N–H and O–H groups in total. The topological polar surface area (TPSA) is 61.0 Å². The Balaban J connectivity index is 1.53. The summed E-state index contributed by atoms with van der Waals surface area (Å²) in [5.41, 5.74) is 2.01. The van der Waals surface area contributed by atoms with Gasteiger partial charge >= 0.3 is 0 Å². The zero-order valence-electron chi connectivity index (χ0n) is 16.0. The molecule has 1 atom stereocenters. The minimum Gasteiger partial charge on any atom is -0.361 e. The first kappa shape index (κ1) is 21.0. The van der Waals surface area contributed by atoms with Gasteiger partial charge in [-0.25, -0.2) is 13.8 Å². The Kier molecular flexibility index (Phi) is 5.95. The number of hydrogen-bond acceptors (Lipinski definition) is 3. The lowest BCUT2D eigenvalue weighted by Crippen LogP contribution is -2.45. The predicted molar refractivity (Wildman–Crippen MR) is 113 cm³/mol. The number of carbonyl (C=O) groups is 1. The summed E-state index contributed by atoms with van der Waals surface area (Å²) in [5.74, 6) is -2.97. The van der Waals surface area contributed by atoms with Crippen molar-refractivity contribution in [1.82, 2.24) is 20.2 Å². The van der Waals surface area contributed by atoms with Gasteiger partial charge in [0, 0.05) is 55.8 Å². The third-order valence-corrected chi connectivity index (χ3v) is 6.11. The lowest BCUT2D eigenvalue weighted by Gasteiger charge is -2.37. The van der Waals surface area contributed by atoms with Crippen molar-refractivity contribution in [3.8, 4) is 0 Å². The van der Waals surface area contributed by atoms with Crippen LogP contribution in [0.4, 0.5) is 8.78 Å². The molecule has 1 fully saturated rings. The quantitative estimate of drug-likeness (QED) is 0.531. The van der Waals surface area contributed by atoms with Crippen LogP contribution in [0, 0.1) is 0 Å². The first-order chi connectivity index (χ1) is 14.3. The predicted octanol–water partition coefficient (Wildman–Crippen LogP) is 5.07. The Hall–Kier alpha value is -2.22. The van der Waals surface area contributed by atoms with E-state index in [-0.39, 0.29) is 44.4 Å². The molecule has 5 nitrogen and oxygen atoms in total. The number of pyridine rings is 1. The number of amides is 1. The molecule has 30 heavy (non-hydrogen) atoms. The molecule has 0 spiro atoms. The average Bonchev–Trinajstić information content (AvgIpc) is 3.20. The van der Waals surface area contributed by atoms with Crippen LogP contribution in [-0.2, 0) is 0 Å². The Morgan fingerprint density at radius 1 is 1.20 bits per heavy atom. The average molecular weight is 453 g/mol. The molecule has 2 aromatic heterocycles. The standard InChI is InChI=1S/C21H20Cl2F2N4O/c22-18-4-1-13(11-27-18)17(29-9-6-21(24,25)7-10-29)12-28-20(30)15-2-3-16-14(19(15)23)5-8-26-16/h1-5,8,11,17,26H,6-7,9-10,12H2,(H,28,30). The van der Waals surface area contributed by atoms with Crippen LogP contribution in [0.25, 0.3) is 10.9 Å². The van der Waals surface area contributed by atoms with Crippen LogP contribution in [0.3, 0.4) is 0 Å². The smallest absolute Gasteiger partial charge is 0.252 e. The minimum atomic E-state index is -2.65. The summed E-state index contributed by atoms with van der Waals surface area (Å²) in [6.07, 6.45) is 2.95. The van der Waals surface area contributed by atoms with Gasteiger partial charge < -0.3 is 10.3 Å². The van der Waals surface area contributed by atoms with E-state index in [1.165, 1.54) is 0 Å². The zero-order valence-corrected chi connectivity index (χ0v) is 17.5. The third-order valence-electron chi connectivity index (χ3n) is 5.47. The number of nitrogens with zero attached hydrogens (tertiary/aromatic N) is 2. The second-order valence-corrected chi connectivity index (χ2v) is 8.16. The number of H-pyrrole nitrogens is 1. The number of nitrogens with one attached hydrogen (secondary N) is 2. The summed E-state index contributed by atoms with van der Waals surface area (Å²) in [6.45, 7) is 0.688. The highest BCUT2D eigenvalue weighted by Gasteiger charge is 2.36. The van der Waals surface area contributed by atoms with Crippen LogP contribution in [-0.4, -0.2) is 46.3 Å². The number of benzene rings is 1. The van der Waals surface area contributed by atoms with E-state index in [2.05, 4.69) is 15.3 Å². The van der Waals surface area contributed by atoms with E-state index in [1.807, 2.05) is 11.0 Å². The summed E-state index contributed by atoms with van der Waals surface area (Å²) < 4.78 is 27.3. The van der Waals surface area contributed by atoms with Crippen LogP contribution in [0.5, 0.6) is 0 Å². The molecular weight excluding hydrogens is 433 g/mol. The summed E-state index contributed by atoms with van der Waals surface area (Å²) in [5, 5.41) is 4.38. The number of piperidine rings is 1.